The molecule has 17 heavy (non-hydrogen) atoms. The van der Waals surface area contributed by atoms with Crippen LogP contribution in [0.4, 0.5) is 0 Å². The van der Waals surface area contributed by atoms with E-state index in [1.54, 1.807) is 0 Å². The maximum atomic E-state index is 8.52. The number of hydrogen-bond acceptors (Lipinski definition) is 11. The molecule has 0 aliphatic carbocycles. The van der Waals surface area contributed by atoms with Crippen LogP contribution in [0.2, 0.25) is 0 Å². The molecule has 0 rings (SSSR count). The first-order valence-corrected chi connectivity index (χ1v) is 4.77. The summed E-state index contributed by atoms with van der Waals surface area (Å²) in [6, 6.07) is 0. The van der Waals surface area contributed by atoms with Crippen molar-refractivity contribution in [1.29, 1.82) is 0 Å². The normalized spacial score (nSPS) is 8.41. The molecule has 0 heterocycles. The maximum absolute atomic E-state index is 8.52. The van der Waals surface area contributed by atoms with Crippen LogP contribution < -0.4 is 12.3 Å². The predicted molar refractivity (Wildman–Crippen MR) is 45.3 cm³/mol. The molecule has 0 amide bonds. The molecule has 0 radical (unpaired) electrons. The fourth-order valence-corrected chi connectivity index (χ4v) is 0. The van der Waals surface area contributed by atoms with E-state index in [0.717, 1.165) is 0 Å². The van der Waals surface area contributed by atoms with E-state index in [0.29, 0.717) is 0 Å². The zero-order chi connectivity index (χ0) is 12.6. The van der Waals surface area contributed by atoms with Gasteiger partial charge in [-0.1, -0.05) is 0 Å². The molecule has 112 valence electrons. The summed E-state index contributed by atoms with van der Waals surface area (Å²) in [5.41, 5.74) is 0. The molecule has 0 aliphatic rings. The second-order valence-electron chi connectivity index (χ2n) is 1.16. The van der Waals surface area contributed by atoms with Crippen LogP contribution >= 0.6 is 0 Å². The molecule has 0 aromatic carbocycles. The van der Waals surface area contributed by atoms with E-state index in [2.05, 4.69) is 0 Å². The van der Waals surface area contributed by atoms with E-state index < -0.39 is 28.1 Å². The minimum atomic E-state index is -5.17. The molecule has 0 unspecified atom stereocenters. The molecular formula is H11BN2NiO11S2. The van der Waals surface area contributed by atoms with Gasteiger partial charge >= 0.3 is 23.8 Å². The second-order valence-corrected chi connectivity index (χ2v) is 2.80. The quantitative estimate of drug-likeness (QED) is 0.159. The molecule has 11 N–H and O–H groups in total. The van der Waals surface area contributed by atoms with Crippen LogP contribution in [0.3, 0.4) is 0 Å². The van der Waals surface area contributed by atoms with Crippen LogP contribution in [-0.2, 0) is 37.3 Å². The first-order chi connectivity index (χ1) is 5.73. The minimum absolute atomic E-state index is 0. The summed E-state index contributed by atoms with van der Waals surface area (Å²) in [7, 11) is -12.5. The van der Waals surface area contributed by atoms with Gasteiger partial charge in [0.25, 0.3) is 0 Å². The van der Waals surface area contributed by atoms with Crippen LogP contribution in [-0.4, -0.2) is 57.4 Å². The van der Waals surface area contributed by atoms with Crippen LogP contribution in [0.15, 0.2) is 0 Å². The van der Waals surface area contributed by atoms with E-state index in [-0.39, 0.29) is 28.8 Å². The minimum Gasteiger partial charge on any atom is -0.759 e. The van der Waals surface area contributed by atoms with E-state index in [4.69, 9.17) is 50.1 Å². The summed E-state index contributed by atoms with van der Waals surface area (Å²) in [4.78, 5) is 0. The van der Waals surface area contributed by atoms with E-state index >= 15 is 0 Å². The molecule has 0 atom stereocenters. The number of quaternary nitrogens is 2. The van der Waals surface area contributed by atoms with Gasteiger partial charge in [0.05, 0.1) is 0 Å². The average Bonchev–Trinajstić information content (AvgIpc) is 1.45. The molecule has 0 saturated carbocycles. The average molecular weight is 349 g/mol. The molecule has 0 saturated heterocycles. The van der Waals surface area contributed by atoms with Crippen molar-refractivity contribution in [2.75, 3.05) is 0 Å². The molecule has 0 aliphatic heterocycles. The van der Waals surface area contributed by atoms with Gasteiger partial charge in [-0.05, 0) is 0 Å². The third kappa shape index (κ3) is 330000. The fraction of sp³-hybridized carbons (Fsp3) is 0. The van der Waals surface area contributed by atoms with Crippen LogP contribution in [0.1, 0.15) is 0 Å². The van der Waals surface area contributed by atoms with Crippen LogP contribution in [0, 0.1) is 0 Å². The monoisotopic (exact) mass is 348 g/mol. The van der Waals surface area contributed by atoms with Crippen molar-refractivity contribution >= 4 is 28.1 Å². The zero-order valence-corrected chi connectivity index (χ0v) is 10.9. The van der Waals surface area contributed by atoms with E-state index in [9.17, 15) is 0 Å². The fourth-order valence-electron chi connectivity index (χ4n) is 0. The standard InChI is InChI=1S/BH3O3.2H3N.Ni.2H2O4S/c2-1(3)4;;;;2*1-5(2,3)4/h2-4H;2*1H3;;2*(H2,1,2,3,4)/q;;;+2;;/p-2. The summed E-state index contributed by atoms with van der Waals surface area (Å²) in [6.45, 7) is 0. The van der Waals surface area contributed by atoms with Crippen molar-refractivity contribution in [3.8, 4) is 0 Å². The smallest absolute Gasteiger partial charge is 0.759 e. The molecule has 0 spiro atoms. The van der Waals surface area contributed by atoms with Crippen molar-refractivity contribution in [1.82, 2.24) is 12.3 Å². The Morgan fingerprint density at radius 1 is 0.706 bits per heavy atom. The van der Waals surface area contributed by atoms with Gasteiger partial charge in [0.1, 0.15) is 0 Å². The Bertz CT molecular complexity index is 258. The first kappa shape index (κ1) is 36.0. The Morgan fingerprint density at radius 3 is 0.706 bits per heavy atom. The molecular weight excluding hydrogens is 338 g/mol. The SMILES string of the molecule is O=S(=O)([O-])[O-].O=S(=O)([O-])[O-].OB(O)O.[NH4+].[NH4+].[Ni+2]. The topological polar surface area (TPSA) is 294 Å². The summed E-state index contributed by atoms with van der Waals surface area (Å²) >= 11 is 0. The first-order valence-electron chi connectivity index (χ1n) is 2.11. The Labute approximate surface area is 107 Å². The Hall–Kier alpha value is 0.0984. The Kier molecular flexibility index (Phi) is 34.1. The van der Waals surface area contributed by atoms with Crippen molar-refractivity contribution in [3.05, 3.63) is 0 Å². The zero-order valence-electron chi connectivity index (χ0n) is 8.32. The van der Waals surface area contributed by atoms with Crippen LogP contribution in [0.25, 0.3) is 0 Å². The van der Waals surface area contributed by atoms with Crippen molar-refractivity contribution in [3.63, 3.8) is 0 Å². The van der Waals surface area contributed by atoms with Gasteiger partial charge in [-0.15, -0.1) is 0 Å². The molecule has 0 fully saturated rings. The van der Waals surface area contributed by atoms with Crippen molar-refractivity contribution in [2.24, 2.45) is 0 Å². The largest absolute Gasteiger partial charge is 2.00 e. The maximum Gasteiger partial charge on any atom is 2.00 e. The molecule has 0 aromatic rings. The third-order valence-electron chi connectivity index (χ3n) is 0. The molecule has 13 nitrogen and oxygen atoms in total. The van der Waals surface area contributed by atoms with E-state index in [1.807, 2.05) is 0 Å². The van der Waals surface area contributed by atoms with Gasteiger partial charge in [-0.25, -0.2) is 0 Å². The second kappa shape index (κ2) is 16.1. The van der Waals surface area contributed by atoms with Gasteiger partial charge < -0.3 is 45.6 Å². The molecule has 17 heteroatoms. The summed E-state index contributed by atoms with van der Waals surface area (Å²) in [6.07, 6.45) is 0. The Morgan fingerprint density at radius 2 is 0.706 bits per heavy atom. The van der Waals surface area contributed by atoms with Crippen LogP contribution in [0.5, 0.6) is 0 Å². The summed E-state index contributed by atoms with van der Waals surface area (Å²) < 4.78 is 68.2. The molecule has 0 aromatic heterocycles. The molecule has 0 bridgehead atoms. The van der Waals surface area contributed by atoms with Gasteiger partial charge in [0.2, 0.25) is 0 Å². The predicted octanol–water partition coefficient (Wildman–Crippen LogP) is -3.98. The van der Waals surface area contributed by atoms with Crippen molar-refractivity contribution < 1.29 is 66.6 Å². The Balaban J connectivity index is -0.0000000247. The van der Waals surface area contributed by atoms with Gasteiger partial charge in [-0.3, -0.25) is 16.8 Å². The summed E-state index contributed by atoms with van der Waals surface area (Å²) in [5, 5.41) is 21.5. The van der Waals surface area contributed by atoms with Gasteiger partial charge in [0.15, 0.2) is 0 Å². The van der Waals surface area contributed by atoms with Crippen molar-refractivity contribution in [2.45, 2.75) is 0 Å². The third-order valence-corrected chi connectivity index (χ3v) is 0. The van der Waals surface area contributed by atoms with E-state index in [1.165, 1.54) is 0 Å². The van der Waals surface area contributed by atoms with Gasteiger partial charge in [0, 0.05) is 20.8 Å². The number of rotatable bonds is 0. The van der Waals surface area contributed by atoms with Gasteiger partial charge in [-0.2, -0.15) is 0 Å². The number of hydrogen-bond donors (Lipinski definition) is 5. The summed E-state index contributed by atoms with van der Waals surface area (Å²) in [5.74, 6) is 0.